The van der Waals surface area contributed by atoms with E-state index in [1.807, 2.05) is 31.2 Å². The molecule has 1 fully saturated rings. The number of oxime groups is 1. The molecule has 1 aliphatic heterocycles. The second kappa shape index (κ2) is 8.52. The monoisotopic (exact) mass is 471 g/mol. The predicted octanol–water partition coefficient (Wildman–Crippen LogP) is 5.81. The second-order valence-electron chi connectivity index (χ2n) is 9.61. The summed E-state index contributed by atoms with van der Waals surface area (Å²) in [4.78, 5) is 10.5. The van der Waals surface area contributed by atoms with E-state index in [0.717, 1.165) is 34.7 Å². The van der Waals surface area contributed by atoms with Crippen LogP contribution < -0.4 is 4.74 Å². The van der Waals surface area contributed by atoms with Crippen molar-refractivity contribution in [1.29, 1.82) is 0 Å². The quantitative estimate of drug-likeness (QED) is 0.352. The van der Waals surface area contributed by atoms with Crippen LogP contribution in [-0.2, 0) is 16.9 Å². The molecule has 0 spiro atoms. The van der Waals surface area contributed by atoms with Gasteiger partial charge in [0.15, 0.2) is 0 Å². The van der Waals surface area contributed by atoms with Crippen molar-refractivity contribution in [3.63, 3.8) is 0 Å². The van der Waals surface area contributed by atoms with Crippen molar-refractivity contribution < 1.29 is 14.1 Å². The van der Waals surface area contributed by atoms with Crippen molar-refractivity contribution in [2.45, 2.75) is 64.0 Å². The maximum Gasteiger partial charge on any atom is 0.274 e. The van der Waals surface area contributed by atoms with E-state index in [0.29, 0.717) is 24.2 Å². The summed E-state index contributed by atoms with van der Waals surface area (Å²) in [7, 11) is 1.63. The normalized spacial score (nSPS) is 20.4. The molecule has 1 unspecified atom stereocenters. The first-order valence-corrected chi connectivity index (χ1v) is 12.3. The van der Waals surface area contributed by atoms with Crippen molar-refractivity contribution >= 4 is 16.6 Å². The van der Waals surface area contributed by atoms with Crippen molar-refractivity contribution in [3.05, 3.63) is 59.6 Å². The van der Waals surface area contributed by atoms with Crippen LogP contribution in [0, 0.1) is 0 Å². The molecule has 2 aliphatic rings. The molecule has 1 saturated carbocycles. The summed E-state index contributed by atoms with van der Waals surface area (Å²) in [6.45, 7) is 4.10. The van der Waals surface area contributed by atoms with Gasteiger partial charge in [-0.2, -0.15) is 10.1 Å². The lowest BCUT2D eigenvalue weighted by molar-refractivity contribution is -0.0313. The third-order valence-electron chi connectivity index (χ3n) is 7.19. The van der Waals surface area contributed by atoms with Crippen LogP contribution in [0.25, 0.3) is 22.3 Å². The van der Waals surface area contributed by atoms with Crippen LogP contribution in [0.2, 0.25) is 0 Å². The summed E-state index contributed by atoms with van der Waals surface area (Å²) in [6.07, 6.45) is 6.39. The third-order valence-corrected chi connectivity index (χ3v) is 7.19. The summed E-state index contributed by atoms with van der Waals surface area (Å²) in [6, 6.07) is 14.6. The molecular weight excluding hydrogens is 442 g/mol. The smallest absolute Gasteiger partial charge is 0.274 e. The van der Waals surface area contributed by atoms with Crippen LogP contribution in [0.3, 0.4) is 0 Å². The van der Waals surface area contributed by atoms with Gasteiger partial charge in [-0.3, -0.25) is 4.68 Å². The van der Waals surface area contributed by atoms with E-state index in [4.69, 9.17) is 19.2 Å². The average molecular weight is 472 g/mol. The summed E-state index contributed by atoms with van der Waals surface area (Å²) in [5.41, 5.74) is 4.24. The molecule has 0 N–H and O–H groups in total. The Morgan fingerprint density at radius 1 is 1.11 bits per heavy atom. The van der Waals surface area contributed by atoms with Crippen LogP contribution in [0.1, 0.15) is 69.1 Å². The van der Waals surface area contributed by atoms with E-state index >= 15 is 0 Å². The van der Waals surface area contributed by atoms with Crippen molar-refractivity contribution in [3.8, 4) is 17.1 Å². The number of aryl methyl sites for hydroxylation is 1. The zero-order chi connectivity index (χ0) is 24.0. The Kier molecular flexibility index (Phi) is 5.31. The average Bonchev–Trinajstić information content (AvgIpc) is 3.69. The summed E-state index contributed by atoms with van der Waals surface area (Å²) in [5.74, 6) is 1.63. The number of nitrogens with zero attached hydrogens (tertiary/aromatic N) is 5. The Morgan fingerprint density at radius 3 is 2.77 bits per heavy atom. The zero-order valence-electron chi connectivity index (χ0n) is 20.3. The van der Waals surface area contributed by atoms with Gasteiger partial charge in [0, 0.05) is 22.9 Å². The fourth-order valence-electron chi connectivity index (χ4n) is 5.20. The standard InChI is InChI=1S/C27H29N5O3/c1-4-22-21-13-12-17(15-24(21)32(29-22)19-9-5-6-10-19)23-16-27(2,35-30-23)26-28-25(31-34-26)18-8-7-11-20(14-18)33-3/h7-8,11-15,19H,4-6,9-10,16H2,1-3H3. The van der Waals surface area contributed by atoms with Crippen LogP contribution in [-0.4, -0.2) is 32.7 Å². The van der Waals surface area contributed by atoms with Gasteiger partial charge < -0.3 is 14.1 Å². The van der Waals surface area contributed by atoms with Crippen molar-refractivity contribution in [2.24, 2.45) is 5.16 Å². The van der Waals surface area contributed by atoms with Gasteiger partial charge in [-0.05, 0) is 44.4 Å². The lowest BCUT2D eigenvalue weighted by Gasteiger charge is -2.15. The maximum atomic E-state index is 5.90. The van der Waals surface area contributed by atoms with E-state index in [9.17, 15) is 0 Å². The third kappa shape index (κ3) is 3.77. The Hall–Kier alpha value is -3.68. The fourth-order valence-corrected chi connectivity index (χ4v) is 5.20. The molecule has 0 amide bonds. The number of ether oxygens (including phenoxy) is 1. The highest BCUT2D eigenvalue weighted by atomic mass is 16.7. The minimum atomic E-state index is -0.825. The van der Waals surface area contributed by atoms with Crippen molar-refractivity contribution in [1.82, 2.24) is 19.9 Å². The lowest BCUT2D eigenvalue weighted by Crippen LogP contribution is -2.22. The number of rotatable bonds is 6. The number of methoxy groups -OCH3 is 1. The second-order valence-corrected chi connectivity index (χ2v) is 9.61. The molecule has 1 aliphatic carbocycles. The molecule has 3 heterocycles. The van der Waals surface area contributed by atoms with Gasteiger partial charge in [0.2, 0.25) is 11.4 Å². The molecule has 0 radical (unpaired) electrons. The highest BCUT2D eigenvalue weighted by Crippen LogP contribution is 2.38. The van der Waals surface area contributed by atoms with Gasteiger partial charge in [0.1, 0.15) is 5.75 Å². The van der Waals surface area contributed by atoms with Gasteiger partial charge in [-0.25, -0.2) is 0 Å². The molecule has 35 heavy (non-hydrogen) atoms. The van der Waals surface area contributed by atoms with Gasteiger partial charge >= 0.3 is 0 Å². The number of aromatic nitrogens is 4. The number of hydrogen-bond acceptors (Lipinski definition) is 7. The molecule has 2 aromatic carbocycles. The summed E-state index contributed by atoms with van der Waals surface area (Å²) < 4.78 is 13.2. The molecule has 6 rings (SSSR count). The van der Waals surface area contributed by atoms with E-state index < -0.39 is 5.60 Å². The van der Waals surface area contributed by atoms with E-state index in [1.165, 1.54) is 36.6 Å². The largest absolute Gasteiger partial charge is 0.497 e. The molecule has 8 nitrogen and oxygen atoms in total. The first-order chi connectivity index (χ1) is 17.1. The SMILES string of the molecule is CCc1nn(C2CCCC2)c2cc(C3=NOC(C)(c4nc(-c5cccc(OC)c5)no4)C3)ccc12. The van der Waals surface area contributed by atoms with Crippen molar-refractivity contribution in [2.75, 3.05) is 7.11 Å². The molecule has 2 aromatic heterocycles. The minimum Gasteiger partial charge on any atom is -0.497 e. The Labute approximate surface area is 203 Å². The first kappa shape index (κ1) is 21.8. The van der Waals surface area contributed by atoms with Gasteiger partial charge in [-0.1, -0.05) is 54.3 Å². The Balaban J connectivity index is 1.28. The number of fused-ring (bicyclic) bond motifs is 1. The highest BCUT2D eigenvalue weighted by Gasteiger charge is 2.42. The van der Waals surface area contributed by atoms with Gasteiger partial charge in [0.25, 0.3) is 5.89 Å². The molecule has 8 heteroatoms. The predicted molar refractivity (Wildman–Crippen MR) is 132 cm³/mol. The van der Waals surface area contributed by atoms with E-state index in [2.05, 4.69) is 45.1 Å². The molecule has 4 aromatic rings. The van der Waals surface area contributed by atoms with Gasteiger partial charge in [0.05, 0.1) is 30.1 Å². The lowest BCUT2D eigenvalue weighted by atomic mass is 9.95. The number of hydrogen-bond donors (Lipinski definition) is 0. The van der Waals surface area contributed by atoms with Crippen LogP contribution in [0.5, 0.6) is 5.75 Å². The summed E-state index contributed by atoms with van der Waals surface area (Å²) in [5, 5.41) is 14.8. The van der Waals surface area contributed by atoms with E-state index in [-0.39, 0.29) is 0 Å². The molecule has 1 atom stereocenters. The summed E-state index contributed by atoms with van der Waals surface area (Å²) >= 11 is 0. The molecule has 0 bridgehead atoms. The molecular formula is C27H29N5O3. The van der Waals surface area contributed by atoms with Gasteiger partial charge in [-0.15, -0.1) is 0 Å². The Bertz CT molecular complexity index is 1420. The number of benzene rings is 2. The van der Waals surface area contributed by atoms with Crippen LogP contribution >= 0.6 is 0 Å². The maximum absolute atomic E-state index is 5.90. The Morgan fingerprint density at radius 2 is 1.97 bits per heavy atom. The van der Waals surface area contributed by atoms with Crippen LogP contribution in [0.4, 0.5) is 0 Å². The molecule has 0 saturated heterocycles. The molecule has 180 valence electrons. The topological polar surface area (TPSA) is 87.6 Å². The zero-order valence-corrected chi connectivity index (χ0v) is 20.3. The van der Waals surface area contributed by atoms with E-state index in [1.54, 1.807) is 7.11 Å². The first-order valence-electron chi connectivity index (χ1n) is 12.3. The van der Waals surface area contributed by atoms with Crippen LogP contribution in [0.15, 0.2) is 52.1 Å². The minimum absolute atomic E-state index is 0.402. The highest BCUT2D eigenvalue weighted by molar-refractivity contribution is 6.04. The fraction of sp³-hybridized carbons (Fsp3) is 0.407.